The van der Waals surface area contributed by atoms with Gasteiger partial charge in [-0.05, 0) is 87.8 Å². The molecule has 1 heterocycles. The summed E-state index contributed by atoms with van der Waals surface area (Å²) in [6, 6.07) is 59.9. The van der Waals surface area contributed by atoms with Crippen molar-refractivity contribution in [2.75, 3.05) is 4.90 Å². The van der Waals surface area contributed by atoms with Gasteiger partial charge in [-0.15, -0.1) is 11.3 Å². The van der Waals surface area contributed by atoms with E-state index in [9.17, 15) is 0 Å². The van der Waals surface area contributed by atoms with Crippen molar-refractivity contribution in [3.8, 4) is 33.4 Å². The smallest absolute Gasteiger partial charge is 0.0540 e. The van der Waals surface area contributed by atoms with Crippen LogP contribution < -0.4 is 4.90 Å². The predicted molar refractivity (Wildman–Crippen MR) is 235 cm³/mol. The molecule has 0 radical (unpaired) electrons. The highest BCUT2D eigenvalue weighted by Crippen LogP contribution is 2.50. The molecule has 1 aliphatic carbocycles. The van der Waals surface area contributed by atoms with E-state index in [-0.39, 0.29) is 5.41 Å². The van der Waals surface area contributed by atoms with Gasteiger partial charge in [0.15, 0.2) is 0 Å². The van der Waals surface area contributed by atoms with Crippen LogP contribution in [0.5, 0.6) is 0 Å². The van der Waals surface area contributed by atoms with E-state index in [1.165, 1.54) is 75.8 Å². The zero-order valence-corrected chi connectivity index (χ0v) is 31.7. The van der Waals surface area contributed by atoms with Crippen LogP contribution in [0.25, 0.3) is 59.1 Å². The molecule has 8 aromatic rings. The zero-order valence-electron chi connectivity index (χ0n) is 30.9. The van der Waals surface area contributed by atoms with Crippen LogP contribution in [0.15, 0.2) is 194 Å². The summed E-state index contributed by atoms with van der Waals surface area (Å²) in [6.07, 6.45) is 6.41. The average Bonchev–Trinajstić information content (AvgIpc) is 3.70. The predicted octanol–water partition coefficient (Wildman–Crippen LogP) is 15.3. The van der Waals surface area contributed by atoms with Crippen molar-refractivity contribution in [3.05, 3.63) is 205 Å². The summed E-state index contributed by atoms with van der Waals surface area (Å²) in [5.41, 5.74) is 15.6. The summed E-state index contributed by atoms with van der Waals surface area (Å²) >= 11 is 1.88. The van der Waals surface area contributed by atoms with Gasteiger partial charge in [0.25, 0.3) is 0 Å². The molecular weight excluding hydrogens is 671 g/mol. The Balaban J connectivity index is 1.23. The molecule has 0 atom stereocenters. The average molecular weight is 712 g/mol. The van der Waals surface area contributed by atoms with Crippen molar-refractivity contribution in [1.82, 2.24) is 0 Å². The van der Waals surface area contributed by atoms with Crippen molar-refractivity contribution in [2.24, 2.45) is 0 Å². The Hall–Kier alpha value is -6.22. The topological polar surface area (TPSA) is 3.24 Å². The zero-order chi connectivity index (χ0) is 36.8. The monoisotopic (exact) mass is 711 g/mol. The summed E-state index contributed by atoms with van der Waals surface area (Å²) in [5.74, 6) is 0. The largest absolute Gasteiger partial charge is 0.309 e. The molecule has 1 aliphatic rings. The maximum atomic E-state index is 4.22. The lowest BCUT2D eigenvalue weighted by molar-refractivity contribution is 0.654. The molecule has 0 amide bonds. The first kappa shape index (κ1) is 33.6. The highest BCUT2D eigenvalue weighted by Gasteiger charge is 2.35. The van der Waals surface area contributed by atoms with Crippen molar-refractivity contribution in [2.45, 2.75) is 26.2 Å². The normalized spacial score (nSPS) is 13.5. The number of thiophene rings is 1. The van der Waals surface area contributed by atoms with E-state index in [4.69, 9.17) is 0 Å². The van der Waals surface area contributed by atoms with E-state index in [1.54, 1.807) is 0 Å². The second-order valence-electron chi connectivity index (χ2n) is 14.5. The van der Waals surface area contributed by atoms with E-state index in [1.807, 2.05) is 17.4 Å². The highest BCUT2D eigenvalue weighted by atomic mass is 32.1. The van der Waals surface area contributed by atoms with Gasteiger partial charge in [0.1, 0.15) is 0 Å². The van der Waals surface area contributed by atoms with Crippen LogP contribution >= 0.6 is 11.3 Å². The SMILES string of the molecule is C=CC1=C(/C=C\C)c2cc(-c3ccccc3N(c3ccc(-c4cccc5c4sc4ccccc45)cc3)c3ccccc3-c3ccccc3)ccc2C1(C)C. The first-order valence-electron chi connectivity index (χ1n) is 18.7. The Morgan fingerprint density at radius 2 is 1.15 bits per heavy atom. The quantitative estimate of drug-likeness (QED) is 0.152. The highest BCUT2D eigenvalue weighted by molar-refractivity contribution is 7.26. The Labute approximate surface area is 322 Å². The minimum atomic E-state index is -0.119. The van der Waals surface area contributed by atoms with Crippen LogP contribution in [0, 0.1) is 0 Å². The first-order valence-corrected chi connectivity index (χ1v) is 19.5. The molecule has 0 fully saturated rings. The molecule has 54 heavy (non-hydrogen) atoms. The number of anilines is 3. The van der Waals surface area contributed by atoms with Gasteiger partial charge in [-0.2, -0.15) is 0 Å². The van der Waals surface area contributed by atoms with Gasteiger partial charge in [0, 0.05) is 42.4 Å². The van der Waals surface area contributed by atoms with Gasteiger partial charge in [-0.1, -0.05) is 166 Å². The molecule has 0 bridgehead atoms. The number of nitrogens with zero attached hydrogens (tertiary/aromatic N) is 1. The lowest BCUT2D eigenvalue weighted by atomic mass is 9.81. The molecule has 260 valence electrons. The number of allylic oxidation sites excluding steroid dienone is 5. The Morgan fingerprint density at radius 3 is 1.87 bits per heavy atom. The van der Waals surface area contributed by atoms with Gasteiger partial charge >= 0.3 is 0 Å². The van der Waals surface area contributed by atoms with Crippen LogP contribution in [0.4, 0.5) is 17.1 Å². The third-order valence-corrected chi connectivity index (χ3v) is 12.2. The summed E-state index contributed by atoms with van der Waals surface area (Å²) < 4.78 is 2.65. The molecule has 0 N–H and O–H groups in total. The maximum absolute atomic E-state index is 4.22. The molecule has 0 unspecified atom stereocenters. The summed E-state index contributed by atoms with van der Waals surface area (Å²) in [5, 5.41) is 2.63. The lowest BCUT2D eigenvalue weighted by Gasteiger charge is -2.30. The van der Waals surface area contributed by atoms with Gasteiger partial charge in [0.05, 0.1) is 11.4 Å². The van der Waals surface area contributed by atoms with E-state index in [0.29, 0.717) is 0 Å². The van der Waals surface area contributed by atoms with E-state index in [0.717, 1.165) is 17.1 Å². The van der Waals surface area contributed by atoms with Gasteiger partial charge < -0.3 is 4.90 Å². The fourth-order valence-corrected chi connectivity index (χ4v) is 9.67. The van der Waals surface area contributed by atoms with E-state index >= 15 is 0 Å². The second kappa shape index (κ2) is 13.6. The maximum Gasteiger partial charge on any atom is 0.0540 e. The molecule has 0 spiro atoms. The number of benzene rings is 7. The van der Waals surface area contributed by atoms with Crippen LogP contribution in [0.2, 0.25) is 0 Å². The molecule has 1 nitrogen and oxygen atoms in total. The Kier molecular flexibility index (Phi) is 8.49. The number of hydrogen-bond donors (Lipinski definition) is 0. The van der Waals surface area contributed by atoms with Crippen LogP contribution in [-0.2, 0) is 5.41 Å². The van der Waals surface area contributed by atoms with Crippen molar-refractivity contribution < 1.29 is 0 Å². The molecule has 7 aromatic carbocycles. The third-order valence-electron chi connectivity index (χ3n) is 11.0. The van der Waals surface area contributed by atoms with Gasteiger partial charge in [-0.3, -0.25) is 0 Å². The molecule has 0 saturated carbocycles. The minimum absolute atomic E-state index is 0.119. The summed E-state index contributed by atoms with van der Waals surface area (Å²) in [4.78, 5) is 2.44. The molecule has 0 saturated heterocycles. The van der Waals surface area contributed by atoms with Crippen LogP contribution in [-0.4, -0.2) is 0 Å². The molecule has 0 aliphatic heterocycles. The third kappa shape index (κ3) is 5.54. The summed E-state index contributed by atoms with van der Waals surface area (Å²) in [7, 11) is 0. The molecule has 1 aromatic heterocycles. The fourth-order valence-electron chi connectivity index (χ4n) is 8.43. The Morgan fingerprint density at radius 1 is 0.556 bits per heavy atom. The second-order valence-corrected chi connectivity index (χ2v) is 15.5. The molecule has 2 heteroatoms. The standard InChI is InChI=1S/C52H41NS/c1-5-17-42-45-34-37(30-33-47(45)52(3,4)46(42)6-2)40-21-11-14-26-49(40)53(48-25-13-10-20-39(48)35-18-8-7-9-19-35)38-31-28-36(29-32-38)41-23-16-24-44-43-22-12-15-27-50(43)54-51(41)44/h5-34H,2H2,1,3-4H3/b17-5-. The van der Waals surface area contributed by atoms with Crippen molar-refractivity contribution in [3.63, 3.8) is 0 Å². The molecule has 9 rings (SSSR count). The lowest BCUT2D eigenvalue weighted by Crippen LogP contribution is -2.16. The van der Waals surface area contributed by atoms with Gasteiger partial charge in [-0.25, -0.2) is 0 Å². The van der Waals surface area contributed by atoms with Gasteiger partial charge in [0.2, 0.25) is 0 Å². The van der Waals surface area contributed by atoms with Crippen LogP contribution in [0.3, 0.4) is 0 Å². The Bertz CT molecular complexity index is 2760. The van der Waals surface area contributed by atoms with Crippen molar-refractivity contribution in [1.29, 1.82) is 0 Å². The first-order chi connectivity index (χ1) is 26.5. The molecular formula is C52H41NS. The minimum Gasteiger partial charge on any atom is -0.309 e. The van der Waals surface area contributed by atoms with Crippen LogP contribution in [0.1, 0.15) is 31.9 Å². The summed E-state index contributed by atoms with van der Waals surface area (Å²) in [6.45, 7) is 10.9. The number of para-hydroxylation sites is 2. The number of rotatable bonds is 8. The number of hydrogen-bond acceptors (Lipinski definition) is 2. The fraction of sp³-hybridized carbons (Fsp3) is 0.0769. The van der Waals surface area contributed by atoms with E-state index in [2.05, 4.69) is 208 Å². The van der Waals surface area contributed by atoms with Crippen molar-refractivity contribution >= 4 is 54.1 Å². The van der Waals surface area contributed by atoms with E-state index < -0.39 is 0 Å². The number of fused-ring (bicyclic) bond motifs is 4.